The zero-order valence-electron chi connectivity index (χ0n) is 7.08. The van der Waals surface area contributed by atoms with Gasteiger partial charge >= 0.3 is 0 Å². The summed E-state index contributed by atoms with van der Waals surface area (Å²) in [6.07, 6.45) is 6.52. The standard InChI is InChI=1S/C8H14N2O2/c11-10(12)7-8-5-3-1-2-4-6-9-8/h7,9H,1-6H2. The van der Waals surface area contributed by atoms with Crippen LogP contribution < -0.4 is 5.32 Å². The first-order valence-corrected chi connectivity index (χ1v) is 4.37. The fourth-order valence-corrected chi connectivity index (χ4v) is 1.37. The van der Waals surface area contributed by atoms with E-state index >= 15 is 0 Å². The molecule has 1 fully saturated rings. The summed E-state index contributed by atoms with van der Waals surface area (Å²) in [6, 6.07) is 0. The molecule has 0 bridgehead atoms. The third kappa shape index (κ3) is 3.37. The van der Waals surface area contributed by atoms with E-state index in [0.717, 1.165) is 37.7 Å². The van der Waals surface area contributed by atoms with E-state index in [1.165, 1.54) is 12.8 Å². The molecule has 0 aromatic carbocycles. The van der Waals surface area contributed by atoms with Crippen LogP contribution in [0.5, 0.6) is 0 Å². The van der Waals surface area contributed by atoms with Crippen LogP contribution in [0.3, 0.4) is 0 Å². The van der Waals surface area contributed by atoms with Crippen molar-refractivity contribution < 1.29 is 4.92 Å². The van der Waals surface area contributed by atoms with Crippen molar-refractivity contribution in [2.45, 2.75) is 32.1 Å². The molecule has 1 saturated heterocycles. The van der Waals surface area contributed by atoms with Gasteiger partial charge in [0.25, 0.3) is 6.20 Å². The van der Waals surface area contributed by atoms with Gasteiger partial charge in [-0.1, -0.05) is 12.8 Å². The molecule has 68 valence electrons. The summed E-state index contributed by atoms with van der Waals surface area (Å²) in [7, 11) is 0. The molecule has 12 heavy (non-hydrogen) atoms. The van der Waals surface area contributed by atoms with Gasteiger partial charge in [0.05, 0.1) is 10.6 Å². The highest BCUT2D eigenvalue weighted by Gasteiger charge is 2.05. The van der Waals surface area contributed by atoms with Gasteiger partial charge in [0, 0.05) is 6.54 Å². The molecule has 0 atom stereocenters. The first-order valence-electron chi connectivity index (χ1n) is 4.37. The molecule has 4 nitrogen and oxygen atoms in total. The Hall–Kier alpha value is -1.06. The molecule has 0 unspecified atom stereocenters. The van der Waals surface area contributed by atoms with E-state index in [2.05, 4.69) is 5.32 Å². The van der Waals surface area contributed by atoms with Crippen molar-refractivity contribution in [1.29, 1.82) is 0 Å². The Kier molecular flexibility index (Phi) is 3.57. The van der Waals surface area contributed by atoms with Crippen LogP contribution in [-0.4, -0.2) is 11.5 Å². The second kappa shape index (κ2) is 4.74. The number of rotatable bonds is 1. The highest BCUT2D eigenvalue weighted by Crippen LogP contribution is 2.11. The molecule has 0 aromatic heterocycles. The van der Waals surface area contributed by atoms with Gasteiger partial charge in [-0.15, -0.1) is 0 Å². The highest BCUT2D eigenvalue weighted by molar-refractivity contribution is 4.95. The van der Waals surface area contributed by atoms with Crippen LogP contribution in [0, 0.1) is 10.1 Å². The molecule has 0 amide bonds. The van der Waals surface area contributed by atoms with Gasteiger partial charge in [0.2, 0.25) is 0 Å². The van der Waals surface area contributed by atoms with Crippen molar-refractivity contribution in [3.63, 3.8) is 0 Å². The molecule has 1 heterocycles. The second-order valence-corrected chi connectivity index (χ2v) is 3.03. The number of nitrogens with zero attached hydrogens (tertiary/aromatic N) is 1. The molecule has 0 aromatic rings. The third-order valence-electron chi connectivity index (χ3n) is 1.99. The van der Waals surface area contributed by atoms with E-state index in [1.54, 1.807) is 0 Å². The second-order valence-electron chi connectivity index (χ2n) is 3.03. The quantitative estimate of drug-likeness (QED) is 0.481. The monoisotopic (exact) mass is 170 g/mol. The molecule has 0 saturated carbocycles. The average molecular weight is 170 g/mol. The summed E-state index contributed by atoms with van der Waals surface area (Å²) in [4.78, 5) is 9.77. The molecule has 1 aliphatic rings. The zero-order chi connectivity index (χ0) is 8.81. The molecule has 0 radical (unpaired) electrons. The normalized spacial score (nSPS) is 22.5. The fourth-order valence-electron chi connectivity index (χ4n) is 1.37. The Morgan fingerprint density at radius 1 is 1.33 bits per heavy atom. The first-order chi connectivity index (χ1) is 5.79. The van der Waals surface area contributed by atoms with Crippen LogP contribution in [0.2, 0.25) is 0 Å². The van der Waals surface area contributed by atoms with Crippen LogP contribution in [0.15, 0.2) is 11.9 Å². The van der Waals surface area contributed by atoms with Crippen LogP contribution in [0.1, 0.15) is 32.1 Å². The van der Waals surface area contributed by atoms with Gasteiger partial charge in [0.1, 0.15) is 0 Å². The Bertz CT molecular complexity index is 179. The summed E-state index contributed by atoms with van der Waals surface area (Å²) >= 11 is 0. The number of nitro groups is 1. The topological polar surface area (TPSA) is 55.2 Å². The van der Waals surface area contributed by atoms with E-state index < -0.39 is 0 Å². The van der Waals surface area contributed by atoms with Gasteiger partial charge < -0.3 is 5.32 Å². The van der Waals surface area contributed by atoms with Gasteiger partial charge in [-0.05, 0) is 19.3 Å². The summed E-state index contributed by atoms with van der Waals surface area (Å²) < 4.78 is 0. The lowest BCUT2D eigenvalue weighted by Crippen LogP contribution is -2.17. The summed E-state index contributed by atoms with van der Waals surface area (Å²) in [5.41, 5.74) is 0.778. The van der Waals surface area contributed by atoms with E-state index in [4.69, 9.17) is 0 Å². The van der Waals surface area contributed by atoms with Crippen LogP contribution in [0.4, 0.5) is 0 Å². The Labute approximate surface area is 71.8 Å². The summed E-state index contributed by atoms with van der Waals surface area (Å²) in [5.74, 6) is 0. The van der Waals surface area contributed by atoms with E-state index in [9.17, 15) is 10.1 Å². The van der Waals surface area contributed by atoms with Crippen LogP contribution in [0.25, 0.3) is 0 Å². The van der Waals surface area contributed by atoms with Crippen LogP contribution in [-0.2, 0) is 0 Å². The number of hydrogen-bond donors (Lipinski definition) is 1. The number of allylic oxidation sites excluding steroid dienone is 1. The predicted octanol–water partition coefficient (Wildman–Crippen LogP) is 1.66. The van der Waals surface area contributed by atoms with Crippen molar-refractivity contribution in [3.05, 3.63) is 22.0 Å². The maximum absolute atomic E-state index is 10.2. The lowest BCUT2D eigenvalue weighted by atomic mass is 10.1. The van der Waals surface area contributed by atoms with Gasteiger partial charge in [-0.2, -0.15) is 0 Å². The molecule has 4 heteroatoms. The first kappa shape index (κ1) is 9.03. The average Bonchev–Trinajstić information content (AvgIpc) is 1.93. The smallest absolute Gasteiger partial charge is 0.253 e. The molecular formula is C8H14N2O2. The maximum Gasteiger partial charge on any atom is 0.253 e. The minimum atomic E-state index is -0.385. The minimum Gasteiger partial charge on any atom is -0.383 e. The zero-order valence-corrected chi connectivity index (χ0v) is 7.08. The minimum absolute atomic E-state index is 0.385. The van der Waals surface area contributed by atoms with Crippen molar-refractivity contribution >= 4 is 0 Å². The molecule has 1 rings (SSSR count). The van der Waals surface area contributed by atoms with Crippen molar-refractivity contribution in [1.82, 2.24) is 5.32 Å². The largest absolute Gasteiger partial charge is 0.383 e. The molecular weight excluding hydrogens is 156 g/mol. The number of nitrogens with one attached hydrogen (secondary N) is 1. The van der Waals surface area contributed by atoms with E-state index in [1.807, 2.05) is 0 Å². The molecule has 0 spiro atoms. The van der Waals surface area contributed by atoms with E-state index in [0.29, 0.717) is 0 Å². The van der Waals surface area contributed by atoms with E-state index in [-0.39, 0.29) is 4.92 Å². The lowest BCUT2D eigenvalue weighted by molar-refractivity contribution is -0.403. The summed E-state index contributed by atoms with van der Waals surface area (Å²) in [6.45, 7) is 0.875. The van der Waals surface area contributed by atoms with Gasteiger partial charge in [0.15, 0.2) is 0 Å². The predicted molar refractivity (Wildman–Crippen MR) is 46.2 cm³/mol. The van der Waals surface area contributed by atoms with Crippen molar-refractivity contribution in [2.24, 2.45) is 0 Å². The van der Waals surface area contributed by atoms with Crippen molar-refractivity contribution in [3.8, 4) is 0 Å². The van der Waals surface area contributed by atoms with Gasteiger partial charge in [-0.25, -0.2) is 0 Å². The SMILES string of the molecule is O=[N+]([O-])C=C1CCCCCCN1. The van der Waals surface area contributed by atoms with Crippen molar-refractivity contribution in [2.75, 3.05) is 6.54 Å². The fraction of sp³-hybridized carbons (Fsp3) is 0.750. The maximum atomic E-state index is 10.2. The van der Waals surface area contributed by atoms with Gasteiger partial charge in [-0.3, -0.25) is 10.1 Å². The number of hydrogen-bond acceptors (Lipinski definition) is 3. The third-order valence-corrected chi connectivity index (χ3v) is 1.99. The van der Waals surface area contributed by atoms with Crippen LogP contribution >= 0.6 is 0 Å². The summed E-state index contributed by atoms with van der Waals surface area (Å²) in [5, 5.41) is 13.2. The molecule has 1 aliphatic heterocycles. The molecule has 1 N–H and O–H groups in total. The Morgan fingerprint density at radius 2 is 2.08 bits per heavy atom. The lowest BCUT2D eigenvalue weighted by Gasteiger charge is -2.11. The molecule has 0 aliphatic carbocycles. The Morgan fingerprint density at radius 3 is 2.83 bits per heavy atom. The highest BCUT2D eigenvalue weighted by atomic mass is 16.6. The Balaban J connectivity index is 2.44.